The Morgan fingerprint density at radius 1 is 1.67 bits per heavy atom. The quantitative estimate of drug-likeness (QED) is 0.603. The van der Waals surface area contributed by atoms with Crippen LogP contribution in [0.3, 0.4) is 0 Å². The average Bonchev–Trinajstić information content (AvgIpc) is 2.32. The first kappa shape index (κ1) is 9.57. The van der Waals surface area contributed by atoms with Crippen LogP contribution in [0.25, 0.3) is 0 Å². The number of rotatable bonds is 2. The van der Waals surface area contributed by atoms with Gasteiger partial charge in [-0.1, -0.05) is 0 Å². The lowest BCUT2D eigenvalue weighted by atomic mass is 9.96. The minimum atomic E-state index is -0.511. The molecule has 1 rings (SSSR count). The van der Waals surface area contributed by atoms with Gasteiger partial charge in [0.05, 0.1) is 5.60 Å². The van der Waals surface area contributed by atoms with Gasteiger partial charge in [-0.05, 0) is 32.6 Å². The van der Waals surface area contributed by atoms with E-state index in [1.165, 1.54) is 0 Å². The lowest BCUT2D eigenvalue weighted by molar-refractivity contribution is 0.0391. The van der Waals surface area contributed by atoms with E-state index in [9.17, 15) is 5.11 Å². The molecule has 0 aliphatic heterocycles. The summed E-state index contributed by atoms with van der Waals surface area (Å²) in [6.45, 7) is 1.82. The van der Waals surface area contributed by atoms with Crippen molar-refractivity contribution in [2.75, 3.05) is 0 Å². The van der Waals surface area contributed by atoms with E-state index in [0.29, 0.717) is 0 Å². The molecule has 0 saturated heterocycles. The maximum Gasteiger partial charge on any atom is 0.0672 e. The van der Waals surface area contributed by atoms with Gasteiger partial charge < -0.3 is 10.8 Å². The standard InChI is InChI=1S/C10H17NO/c1-2-3-4-6-10(12)7-5-9(11)8-10/h9,12H,4-8,11H2,1H3. The van der Waals surface area contributed by atoms with Crippen LogP contribution in [0.15, 0.2) is 0 Å². The molecule has 0 heterocycles. The van der Waals surface area contributed by atoms with Crippen LogP contribution in [0, 0.1) is 11.8 Å². The van der Waals surface area contributed by atoms with Crippen molar-refractivity contribution in [3.8, 4) is 11.8 Å². The van der Waals surface area contributed by atoms with Gasteiger partial charge in [0.1, 0.15) is 0 Å². The number of hydrogen-bond donors (Lipinski definition) is 2. The Morgan fingerprint density at radius 3 is 2.92 bits per heavy atom. The van der Waals surface area contributed by atoms with E-state index in [1.807, 2.05) is 6.92 Å². The maximum absolute atomic E-state index is 9.94. The smallest absolute Gasteiger partial charge is 0.0672 e. The summed E-state index contributed by atoms with van der Waals surface area (Å²) in [6, 6.07) is 0.199. The fourth-order valence-electron chi connectivity index (χ4n) is 1.79. The van der Waals surface area contributed by atoms with Gasteiger partial charge in [-0.3, -0.25) is 0 Å². The Hall–Kier alpha value is -0.520. The molecule has 0 spiro atoms. The molecule has 12 heavy (non-hydrogen) atoms. The summed E-state index contributed by atoms with van der Waals surface area (Å²) >= 11 is 0. The van der Waals surface area contributed by atoms with Crippen LogP contribution in [0.2, 0.25) is 0 Å². The van der Waals surface area contributed by atoms with Crippen molar-refractivity contribution in [1.82, 2.24) is 0 Å². The van der Waals surface area contributed by atoms with E-state index in [1.54, 1.807) is 0 Å². The molecule has 2 unspecified atom stereocenters. The van der Waals surface area contributed by atoms with E-state index < -0.39 is 5.60 Å². The van der Waals surface area contributed by atoms with Gasteiger partial charge in [-0.15, -0.1) is 11.8 Å². The van der Waals surface area contributed by atoms with Gasteiger partial charge in [0.15, 0.2) is 0 Å². The van der Waals surface area contributed by atoms with Crippen LogP contribution < -0.4 is 5.73 Å². The van der Waals surface area contributed by atoms with Gasteiger partial charge in [-0.25, -0.2) is 0 Å². The molecule has 1 saturated carbocycles. The molecule has 0 aromatic heterocycles. The molecule has 3 N–H and O–H groups in total. The normalized spacial score (nSPS) is 34.4. The van der Waals surface area contributed by atoms with Crippen molar-refractivity contribution in [2.24, 2.45) is 5.73 Å². The minimum absolute atomic E-state index is 0.199. The van der Waals surface area contributed by atoms with Crippen molar-refractivity contribution >= 4 is 0 Å². The van der Waals surface area contributed by atoms with Gasteiger partial charge in [0, 0.05) is 12.5 Å². The van der Waals surface area contributed by atoms with Crippen LogP contribution in [0.5, 0.6) is 0 Å². The second kappa shape index (κ2) is 3.93. The number of nitrogens with two attached hydrogens (primary N) is 1. The Kier molecular flexibility index (Phi) is 3.13. The first-order valence-corrected chi connectivity index (χ1v) is 4.54. The highest BCUT2D eigenvalue weighted by molar-refractivity contribution is 4.99. The summed E-state index contributed by atoms with van der Waals surface area (Å²) in [7, 11) is 0. The highest BCUT2D eigenvalue weighted by atomic mass is 16.3. The Morgan fingerprint density at radius 2 is 2.42 bits per heavy atom. The highest BCUT2D eigenvalue weighted by Gasteiger charge is 2.34. The van der Waals surface area contributed by atoms with Crippen LogP contribution in [0.4, 0.5) is 0 Å². The van der Waals surface area contributed by atoms with E-state index in [4.69, 9.17) is 5.73 Å². The monoisotopic (exact) mass is 167 g/mol. The molecule has 0 aromatic rings. The van der Waals surface area contributed by atoms with E-state index in [0.717, 1.165) is 32.1 Å². The molecule has 1 aliphatic carbocycles. The lowest BCUT2D eigenvalue weighted by Crippen LogP contribution is -2.27. The molecule has 2 nitrogen and oxygen atoms in total. The SMILES string of the molecule is CC#CCCC1(O)CCC(N)C1. The summed E-state index contributed by atoms with van der Waals surface area (Å²) in [5, 5.41) is 9.94. The third-order valence-corrected chi connectivity index (χ3v) is 2.51. The Balaban J connectivity index is 2.33. The number of hydrogen-bond acceptors (Lipinski definition) is 2. The van der Waals surface area contributed by atoms with Crippen molar-refractivity contribution in [1.29, 1.82) is 0 Å². The average molecular weight is 167 g/mol. The van der Waals surface area contributed by atoms with E-state index in [-0.39, 0.29) is 6.04 Å². The van der Waals surface area contributed by atoms with Crippen molar-refractivity contribution in [2.45, 2.75) is 50.7 Å². The molecule has 68 valence electrons. The summed E-state index contributed by atoms with van der Waals surface area (Å²) < 4.78 is 0. The van der Waals surface area contributed by atoms with Gasteiger partial charge in [-0.2, -0.15) is 0 Å². The molecule has 1 fully saturated rings. The largest absolute Gasteiger partial charge is 0.390 e. The summed E-state index contributed by atoms with van der Waals surface area (Å²) in [6.07, 6.45) is 4.12. The Labute approximate surface area is 74.2 Å². The second-order valence-corrected chi connectivity index (χ2v) is 3.65. The third kappa shape index (κ3) is 2.51. The zero-order valence-electron chi connectivity index (χ0n) is 7.64. The minimum Gasteiger partial charge on any atom is -0.390 e. The fraction of sp³-hybridized carbons (Fsp3) is 0.800. The van der Waals surface area contributed by atoms with Crippen LogP contribution in [0.1, 0.15) is 39.0 Å². The lowest BCUT2D eigenvalue weighted by Gasteiger charge is -2.20. The highest BCUT2D eigenvalue weighted by Crippen LogP contribution is 2.32. The van der Waals surface area contributed by atoms with E-state index >= 15 is 0 Å². The molecule has 0 radical (unpaired) electrons. The molecule has 0 bridgehead atoms. The molecule has 2 heteroatoms. The molecular weight excluding hydrogens is 150 g/mol. The van der Waals surface area contributed by atoms with Crippen LogP contribution in [-0.2, 0) is 0 Å². The fourth-order valence-corrected chi connectivity index (χ4v) is 1.79. The number of aliphatic hydroxyl groups is 1. The van der Waals surface area contributed by atoms with Gasteiger partial charge >= 0.3 is 0 Å². The molecule has 2 atom stereocenters. The second-order valence-electron chi connectivity index (χ2n) is 3.65. The topological polar surface area (TPSA) is 46.2 Å². The van der Waals surface area contributed by atoms with Crippen molar-refractivity contribution in [3.05, 3.63) is 0 Å². The maximum atomic E-state index is 9.94. The first-order valence-electron chi connectivity index (χ1n) is 4.54. The molecule has 0 amide bonds. The molecule has 1 aliphatic rings. The van der Waals surface area contributed by atoms with Crippen LogP contribution >= 0.6 is 0 Å². The summed E-state index contributed by atoms with van der Waals surface area (Å²) in [4.78, 5) is 0. The predicted molar refractivity (Wildman–Crippen MR) is 49.5 cm³/mol. The van der Waals surface area contributed by atoms with Gasteiger partial charge in [0.25, 0.3) is 0 Å². The molecule has 0 aromatic carbocycles. The van der Waals surface area contributed by atoms with Crippen LogP contribution in [-0.4, -0.2) is 16.7 Å². The zero-order valence-corrected chi connectivity index (χ0v) is 7.64. The van der Waals surface area contributed by atoms with E-state index in [2.05, 4.69) is 11.8 Å². The zero-order chi connectivity index (χ0) is 9.03. The summed E-state index contributed by atoms with van der Waals surface area (Å²) in [5.74, 6) is 5.79. The van der Waals surface area contributed by atoms with Crippen molar-refractivity contribution < 1.29 is 5.11 Å². The predicted octanol–water partition coefficient (Wildman–Crippen LogP) is 1.03. The van der Waals surface area contributed by atoms with Crippen molar-refractivity contribution in [3.63, 3.8) is 0 Å². The molecular formula is C10H17NO. The summed E-state index contributed by atoms with van der Waals surface area (Å²) in [5.41, 5.74) is 5.21. The Bertz CT molecular complexity index is 204. The van der Waals surface area contributed by atoms with Gasteiger partial charge in [0.2, 0.25) is 0 Å². The third-order valence-electron chi connectivity index (χ3n) is 2.51. The first-order chi connectivity index (χ1) is 5.66.